The largest absolute Gasteiger partial charge is 0.328 e. The highest BCUT2D eigenvalue weighted by molar-refractivity contribution is 4.80. The minimum Gasteiger partial charge on any atom is -0.328 e. The van der Waals surface area contributed by atoms with E-state index < -0.39 is 0 Å². The average molecular weight is 521 g/mol. The molecular formula is C32H80N4. The van der Waals surface area contributed by atoms with Gasteiger partial charge in [-0.2, -0.15) is 0 Å². The SMILES string of the molecule is CC(C)C.CC(C)C.CC(C)C.CC(C)C.CC(C)N.CC(N)C1CC1.CCC(C)N.NC1CCC1. The van der Waals surface area contributed by atoms with Gasteiger partial charge in [-0.05, 0) is 81.6 Å². The molecule has 8 N–H and O–H groups in total. The summed E-state index contributed by atoms with van der Waals surface area (Å²) in [6.07, 6.45) is 7.72. The monoisotopic (exact) mass is 521 g/mol. The Bertz CT molecular complexity index is 276. The molecule has 4 heteroatoms. The third-order valence-corrected chi connectivity index (χ3v) is 3.16. The minimum absolute atomic E-state index is 0.333. The zero-order valence-electron chi connectivity index (χ0n) is 28.7. The third-order valence-electron chi connectivity index (χ3n) is 3.16. The van der Waals surface area contributed by atoms with Crippen LogP contribution in [0.5, 0.6) is 0 Å². The highest BCUT2D eigenvalue weighted by Gasteiger charge is 2.24. The van der Waals surface area contributed by atoms with Gasteiger partial charge in [0.25, 0.3) is 0 Å². The summed E-state index contributed by atoms with van der Waals surface area (Å²) < 4.78 is 0. The van der Waals surface area contributed by atoms with Gasteiger partial charge in [-0.25, -0.2) is 0 Å². The van der Waals surface area contributed by atoms with Gasteiger partial charge in [0.15, 0.2) is 0 Å². The summed E-state index contributed by atoms with van der Waals surface area (Å²) in [6.45, 7) is 36.0. The molecule has 2 fully saturated rings. The third kappa shape index (κ3) is 166. The Morgan fingerprint density at radius 2 is 0.694 bits per heavy atom. The topological polar surface area (TPSA) is 104 Å². The Balaban J connectivity index is -0.0000000719. The maximum absolute atomic E-state index is 5.50. The van der Waals surface area contributed by atoms with E-state index in [-0.39, 0.29) is 0 Å². The lowest BCUT2D eigenvalue weighted by molar-refractivity contribution is 0.418. The smallest absolute Gasteiger partial charge is 0.00388 e. The molecule has 2 saturated carbocycles. The summed E-state index contributed by atoms with van der Waals surface area (Å²) in [7, 11) is 0. The molecule has 4 nitrogen and oxygen atoms in total. The van der Waals surface area contributed by atoms with Crippen LogP contribution in [0.1, 0.15) is 156 Å². The zero-order valence-corrected chi connectivity index (χ0v) is 28.7. The van der Waals surface area contributed by atoms with Crippen molar-refractivity contribution in [1.29, 1.82) is 0 Å². The lowest BCUT2D eigenvalue weighted by Crippen LogP contribution is -2.27. The van der Waals surface area contributed by atoms with Crippen LogP contribution in [0.15, 0.2) is 0 Å². The fourth-order valence-corrected chi connectivity index (χ4v) is 1.06. The number of hydrogen-bond donors (Lipinski definition) is 4. The van der Waals surface area contributed by atoms with Gasteiger partial charge in [0.05, 0.1) is 0 Å². The second kappa shape index (κ2) is 37.0. The normalized spacial score (nSPS) is 15.2. The zero-order chi connectivity index (χ0) is 30.4. The van der Waals surface area contributed by atoms with Crippen molar-refractivity contribution < 1.29 is 0 Å². The summed E-state index contributed by atoms with van der Waals surface area (Å²) in [5, 5.41) is 0. The van der Waals surface area contributed by atoms with Crippen molar-refractivity contribution in [2.45, 2.75) is 180 Å². The molecule has 0 aromatic heterocycles. The van der Waals surface area contributed by atoms with Gasteiger partial charge in [0, 0.05) is 18.1 Å². The predicted octanol–water partition coefficient (Wildman–Crippen LogP) is 8.99. The van der Waals surface area contributed by atoms with Crippen LogP contribution >= 0.6 is 0 Å². The van der Waals surface area contributed by atoms with E-state index in [1.54, 1.807) is 0 Å². The summed E-state index contributed by atoms with van der Waals surface area (Å²) >= 11 is 0. The predicted molar refractivity (Wildman–Crippen MR) is 174 cm³/mol. The van der Waals surface area contributed by atoms with Crippen molar-refractivity contribution in [2.75, 3.05) is 0 Å². The molecule has 2 aliphatic carbocycles. The van der Waals surface area contributed by atoms with Crippen LogP contribution in [0.4, 0.5) is 0 Å². The Morgan fingerprint density at radius 1 is 0.528 bits per heavy atom. The van der Waals surface area contributed by atoms with E-state index in [1.165, 1.54) is 32.1 Å². The molecule has 2 aliphatic rings. The quantitative estimate of drug-likeness (QED) is 0.291. The van der Waals surface area contributed by atoms with Gasteiger partial charge in [0.2, 0.25) is 0 Å². The average Bonchev–Trinajstić information content (AvgIpc) is 3.44. The first kappa shape index (κ1) is 48.9. The summed E-state index contributed by atoms with van der Waals surface area (Å²) in [6, 6.07) is 1.75. The van der Waals surface area contributed by atoms with E-state index in [1.807, 2.05) is 20.8 Å². The van der Waals surface area contributed by atoms with Crippen LogP contribution in [-0.2, 0) is 0 Å². The molecule has 0 radical (unpaired) electrons. The van der Waals surface area contributed by atoms with Crippen LogP contribution < -0.4 is 22.9 Å². The molecule has 0 amide bonds. The maximum atomic E-state index is 5.50. The van der Waals surface area contributed by atoms with Crippen LogP contribution in [0.2, 0.25) is 0 Å². The molecule has 36 heavy (non-hydrogen) atoms. The first-order chi connectivity index (χ1) is 16.1. The Morgan fingerprint density at radius 3 is 0.694 bits per heavy atom. The molecule has 0 aromatic rings. The number of rotatable bonds is 2. The highest BCUT2D eigenvalue weighted by Crippen LogP contribution is 2.30. The van der Waals surface area contributed by atoms with E-state index in [4.69, 9.17) is 22.9 Å². The van der Waals surface area contributed by atoms with Crippen LogP contribution in [0.3, 0.4) is 0 Å². The molecule has 0 heterocycles. The standard InChI is InChI=1S/C5H11N.C4H9N.C4H11N.4C4H10.C3H9N/c1-4(6)5-2-3-5;5-4-2-1-3-4;1-3-4(2)5;4*1-4(2)3;1-3(2)4/h4-5H,2-3,6H2,1H3;4H,1-3,5H2;4H,3,5H2,1-2H3;4*4H,1-3H3;3H,4H2,1-2H3. The molecular weight excluding hydrogens is 440 g/mol. The number of nitrogens with two attached hydrogens (primary N) is 4. The van der Waals surface area contributed by atoms with Gasteiger partial charge in [-0.15, -0.1) is 0 Å². The molecule has 0 aliphatic heterocycles. The van der Waals surface area contributed by atoms with Crippen LogP contribution in [0, 0.1) is 29.6 Å². The molecule has 0 saturated heterocycles. The van der Waals surface area contributed by atoms with Crippen molar-refractivity contribution in [2.24, 2.45) is 52.5 Å². The molecule has 0 aromatic carbocycles. The summed E-state index contributed by atoms with van der Waals surface area (Å²) in [4.78, 5) is 0. The highest BCUT2D eigenvalue weighted by atomic mass is 14.7. The van der Waals surface area contributed by atoms with E-state index in [2.05, 4.69) is 96.9 Å². The first-order valence-corrected chi connectivity index (χ1v) is 15.2. The van der Waals surface area contributed by atoms with Crippen LogP contribution in [-0.4, -0.2) is 24.2 Å². The Kier molecular flexibility index (Phi) is 50.2. The Hall–Kier alpha value is -0.160. The van der Waals surface area contributed by atoms with Crippen molar-refractivity contribution in [3.05, 3.63) is 0 Å². The lowest BCUT2D eigenvalue weighted by atomic mass is 9.95. The summed E-state index contributed by atoms with van der Waals surface area (Å²) in [5.74, 6) is 4.21. The first-order valence-electron chi connectivity index (χ1n) is 15.2. The molecule has 0 spiro atoms. The van der Waals surface area contributed by atoms with E-state index in [9.17, 15) is 0 Å². The van der Waals surface area contributed by atoms with Crippen LogP contribution in [0.25, 0.3) is 0 Å². The minimum atomic E-state index is 0.333. The van der Waals surface area contributed by atoms with Gasteiger partial charge in [0.1, 0.15) is 0 Å². The molecule has 2 unspecified atom stereocenters. The van der Waals surface area contributed by atoms with Crippen molar-refractivity contribution in [1.82, 2.24) is 0 Å². The van der Waals surface area contributed by atoms with E-state index in [0.29, 0.717) is 24.2 Å². The lowest BCUT2D eigenvalue weighted by Gasteiger charge is -2.18. The van der Waals surface area contributed by atoms with Crippen molar-refractivity contribution in [3.8, 4) is 0 Å². The van der Waals surface area contributed by atoms with Gasteiger partial charge >= 0.3 is 0 Å². The van der Waals surface area contributed by atoms with E-state index >= 15 is 0 Å². The molecule has 2 rings (SSSR count). The summed E-state index contributed by atoms with van der Waals surface area (Å²) in [5.41, 5.74) is 21.3. The maximum Gasteiger partial charge on any atom is 0.00388 e. The second-order valence-corrected chi connectivity index (χ2v) is 13.4. The van der Waals surface area contributed by atoms with E-state index in [0.717, 1.165) is 36.0 Å². The van der Waals surface area contributed by atoms with Gasteiger partial charge < -0.3 is 22.9 Å². The van der Waals surface area contributed by atoms with Gasteiger partial charge in [-0.3, -0.25) is 0 Å². The fraction of sp³-hybridized carbons (Fsp3) is 1.00. The van der Waals surface area contributed by atoms with Gasteiger partial charge in [-0.1, -0.05) is 110 Å². The molecule has 0 bridgehead atoms. The number of hydrogen-bond acceptors (Lipinski definition) is 4. The molecule has 2 atom stereocenters. The fourth-order valence-electron chi connectivity index (χ4n) is 1.06. The van der Waals surface area contributed by atoms with Crippen molar-refractivity contribution >= 4 is 0 Å². The molecule has 228 valence electrons. The van der Waals surface area contributed by atoms with Crippen molar-refractivity contribution in [3.63, 3.8) is 0 Å². The second-order valence-electron chi connectivity index (χ2n) is 13.4. The Labute approximate surface area is 232 Å².